The van der Waals surface area contributed by atoms with Gasteiger partial charge in [-0.3, -0.25) is 0 Å². The molecule has 0 amide bonds. The van der Waals surface area contributed by atoms with Crippen LogP contribution in [0, 0.1) is 11.6 Å². The predicted octanol–water partition coefficient (Wildman–Crippen LogP) is 4.10. The van der Waals surface area contributed by atoms with E-state index < -0.39 is 11.6 Å². The van der Waals surface area contributed by atoms with E-state index in [0.29, 0.717) is 4.47 Å². The molecule has 0 spiro atoms. The third-order valence-electron chi connectivity index (χ3n) is 1.97. The Bertz CT molecular complexity index is 470. The highest BCUT2D eigenvalue weighted by atomic mass is 79.9. The van der Waals surface area contributed by atoms with Gasteiger partial charge in [0.15, 0.2) is 0 Å². The normalized spacial score (nSPS) is 10.3. The zero-order chi connectivity index (χ0) is 12.4. The fraction of sp³-hybridized carbons (Fsp3) is 0. The molecule has 2 aromatic carbocycles. The monoisotopic (exact) mass is 299 g/mol. The summed E-state index contributed by atoms with van der Waals surface area (Å²) < 4.78 is 32.0. The van der Waals surface area contributed by atoms with Crippen LogP contribution >= 0.6 is 15.9 Å². The van der Waals surface area contributed by atoms with Crippen molar-refractivity contribution >= 4 is 21.6 Å². The van der Waals surface area contributed by atoms with Crippen molar-refractivity contribution in [3.05, 3.63) is 52.5 Å². The van der Waals surface area contributed by atoms with Crippen LogP contribution in [-0.4, -0.2) is 0 Å². The van der Waals surface area contributed by atoms with Crippen LogP contribution in [0.15, 0.2) is 40.9 Å². The number of benzene rings is 2. The van der Waals surface area contributed by atoms with Gasteiger partial charge in [0.1, 0.15) is 23.1 Å². The first-order valence-corrected chi connectivity index (χ1v) is 5.52. The first kappa shape index (κ1) is 11.9. The van der Waals surface area contributed by atoms with Crippen molar-refractivity contribution in [2.24, 2.45) is 0 Å². The summed E-state index contributed by atoms with van der Waals surface area (Å²) in [4.78, 5) is 0. The highest BCUT2D eigenvalue weighted by Crippen LogP contribution is 2.27. The van der Waals surface area contributed by atoms with E-state index in [2.05, 4.69) is 15.9 Å². The molecule has 0 fully saturated rings. The molecule has 0 aliphatic rings. The highest BCUT2D eigenvalue weighted by Gasteiger charge is 2.04. The van der Waals surface area contributed by atoms with Gasteiger partial charge in [-0.15, -0.1) is 0 Å². The molecule has 0 aromatic heterocycles. The Balaban J connectivity index is 2.31. The van der Waals surface area contributed by atoms with Crippen molar-refractivity contribution in [1.82, 2.24) is 0 Å². The summed E-state index contributed by atoms with van der Waals surface area (Å²) in [5.41, 5.74) is 5.72. The van der Waals surface area contributed by atoms with Gasteiger partial charge >= 0.3 is 0 Å². The van der Waals surface area contributed by atoms with E-state index in [4.69, 9.17) is 10.5 Å². The Morgan fingerprint density at radius 3 is 2.06 bits per heavy atom. The molecule has 17 heavy (non-hydrogen) atoms. The molecule has 0 saturated carbocycles. The second-order valence-electron chi connectivity index (χ2n) is 3.43. The van der Waals surface area contributed by atoms with Gasteiger partial charge in [-0.1, -0.05) is 15.9 Å². The van der Waals surface area contributed by atoms with Gasteiger partial charge in [0, 0.05) is 28.4 Å². The summed E-state index contributed by atoms with van der Waals surface area (Å²) in [5.74, 6) is -0.462. The van der Waals surface area contributed by atoms with E-state index in [1.165, 1.54) is 30.3 Å². The Morgan fingerprint density at radius 1 is 0.882 bits per heavy atom. The molecule has 2 rings (SSSR count). The van der Waals surface area contributed by atoms with Crippen LogP contribution in [0.4, 0.5) is 14.5 Å². The summed E-state index contributed by atoms with van der Waals surface area (Å²) in [5, 5.41) is 0. The average Bonchev–Trinajstić information content (AvgIpc) is 2.13. The molecule has 2 nitrogen and oxygen atoms in total. The van der Waals surface area contributed by atoms with Crippen molar-refractivity contribution in [3.8, 4) is 11.5 Å². The molecular formula is C12H8BrF2NO. The fourth-order valence-electron chi connectivity index (χ4n) is 1.37. The second-order valence-corrected chi connectivity index (χ2v) is 4.34. The third-order valence-corrected chi connectivity index (χ3v) is 2.42. The molecule has 0 heterocycles. The van der Waals surface area contributed by atoms with Crippen molar-refractivity contribution in [3.63, 3.8) is 0 Å². The van der Waals surface area contributed by atoms with Crippen LogP contribution in [0.1, 0.15) is 0 Å². The summed E-state index contributed by atoms with van der Waals surface area (Å²) in [6.07, 6.45) is 0. The predicted molar refractivity (Wildman–Crippen MR) is 65.0 cm³/mol. The summed E-state index contributed by atoms with van der Waals surface area (Å²) >= 11 is 3.14. The standard InChI is InChI=1S/C12H8BrF2NO/c13-7-1-8(14)4-11(2-7)17-12-5-9(15)3-10(16)6-12/h1-6H,16H2. The zero-order valence-electron chi connectivity index (χ0n) is 8.58. The van der Waals surface area contributed by atoms with Crippen LogP contribution in [0.25, 0.3) is 0 Å². The average molecular weight is 300 g/mol. The van der Waals surface area contributed by atoms with Crippen LogP contribution in [0.5, 0.6) is 11.5 Å². The molecule has 0 aliphatic heterocycles. The van der Waals surface area contributed by atoms with Crippen molar-refractivity contribution < 1.29 is 13.5 Å². The van der Waals surface area contributed by atoms with Gasteiger partial charge in [-0.25, -0.2) is 8.78 Å². The van der Waals surface area contributed by atoms with E-state index in [9.17, 15) is 8.78 Å². The summed E-state index contributed by atoms with van der Waals surface area (Å²) in [6.45, 7) is 0. The lowest BCUT2D eigenvalue weighted by Crippen LogP contribution is -1.90. The number of rotatable bonds is 2. The van der Waals surface area contributed by atoms with Gasteiger partial charge in [-0.05, 0) is 18.2 Å². The maximum absolute atomic E-state index is 13.1. The van der Waals surface area contributed by atoms with E-state index in [1.54, 1.807) is 6.07 Å². The van der Waals surface area contributed by atoms with Crippen molar-refractivity contribution in [2.45, 2.75) is 0 Å². The van der Waals surface area contributed by atoms with E-state index >= 15 is 0 Å². The smallest absolute Gasteiger partial charge is 0.132 e. The fourth-order valence-corrected chi connectivity index (χ4v) is 1.81. The molecule has 0 saturated heterocycles. The summed E-state index contributed by atoms with van der Waals surface area (Å²) in [6, 6.07) is 7.88. The molecule has 0 bridgehead atoms. The Labute approximate surface area is 105 Å². The molecule has 0 aliphatic carbocycles. The molecular weight excluding hydrogens is 292 g/mol. The van der Waals surface area contributed by atoms with Crippen LogP contribution < -0.4 is 10.5 Å². The van der Waals surface area contributed by atoms with Crippen molar-refractivity contribution in [1.29, 1.82) is 0 Å². The molecule has 5 heteroatoms. The van der Waals surface area contributed by atoms with E-state index in [0.717, 1.165) is 0 Å². The summed E-state index contributed by atoms with van der Waals surface area (Å²) in [7, 11) is 0. The number of nitrogen functional groups attached to an aromatic ring is 1. The molecule has 0 radical (unpaired) electrons. The topological polar surface area (TPSA) is 35.2 Å². The number of nitrogens with two attached hydrogens (primary N) is 1. The lowest BCUT2D eigenvalue weighted by Gasteiger charge is -2.07. The minimum absolute atomic E-state index is 0.222. The molecule has 2 aromatic rings. The third kappa shape index (κ3) is 3.17. The minimum Gasteiger partial charge on any atom is -0.457 e. The first-order chi connectivity index (χ1) is 8.02. The quantitative estimate of drug-likeness (QED) is 0.847. The minimum atomic E-state index is -0.504. The number of hydrogen-bond donors (Lipinski definition) is 1. The van der Waals surface area contributed by atoms with Gasteiger partial charge in [0.2, 0.25) is 0 Å². The zero-order valence-corrected chi connectivity index (χ0v) is 10.2. The van der Waals surface area contributed by atoms with E-state index in [-0.39, 0.29) is 17.2 Å². The highest BCUT2D eigenvalue weighted by molar-refractivity contribution is 9.10. The molecule has 0 atom stereocenters. The Morgan fingerprint density at radius 2 is 1.47 bits per heavy atom. The maximum atomic E-state index is 13.1. The van der Waals surface area contributed by atoms with Gasteiger partial charge in [0.25, 0.3) is 0 Å². The Kier molecular flexibility index (Phi) is 3.28. The largest absolute Gasteiger partial charge is 0.457 e. The molecule has 88 valence electrons. The van der Waals surface area contributed by atoms with E-state index in [1.807, 2.05) is 0 Å². The first-order valence-electron chi connectivity index (χ1n) is 4.73. The van der Waals surface area contributed by atoms with Gasteiger partial charge < -0.3 is 10.5 Å². The van der Waals surface area contributed by atoms with Crippen molar-refractivity contribution in [2.75, 3.05) is 5.73 Å². The van der Waals surface area contributed by atoms with Gasteiger partial charge in [-0.2, -0.15) is 0 Å². The number of ether oxygens (including phenoxy) is 1. The SMILES string of the molecule is Nc1cc(F)cc(Oc2cc(F)cc(Br)c2)c1. The molecule has 2 N–H and O–H groups in total. The maximum Gasteiger partial charge on any atom is 0.132 e. The molecule has 0 unspecified atom stereocenters. The van der Waals surface area contributed by atoms with Gasteiger partial charge in [0.05, 0.1) is 0 Å². The van der Waals surface area contributed by atoms with Crippen LogP contribution in [-0.2, 0) is 0 Å². The Hall–Kier alpha value is -1.62. The van der Waals surface area contributed by atoms with Crippen LogP contribution in [0.3, 0.4) is 0 Å². The number of halogens is 3. The second kappa shape index (κ2) is 4.71. The lowest BCUT2D eigenvalue weighted by atomic mass is 10.3. The number of anilines is 1. The lowest BCUT2D eigenvalue weighted by molar-refractivity contribution is 0.471. The van der Waals surface area contributed by atoms with Crippen LogP contribution in [0.2, 0.25) is 0 Å². The number of hydrogen-bond acceptors (Lipinski definition) is 2.